The van der Waals surface area contributed by atoms with Crippen molar-refractivity contribution >= 4 is 41.4 Å². The first-order valence-electron chi connectivity index (χ1n) is 11.1. The molecular formula is C21H35N7O6S. The second-order valence-electron chi connectivity index (χ2n) is 8.17. The quantitative estimate of drug-likeness (QED) is 0.136. The molecule has 0 aliphatic carbocycles. The number of hydrogen-bond acceptors (Lipinski definition) is 8. The molecule has 0 saturated carbocycles. The van der Waals surface area contributed by atoms with Gasteiger partial charge in [-0.2, -0.15) is 11.8 Å². The SMILES string of the molecule is CCC(C)C(N)C(=O)NC(CC(N)=O)C(=O)NC(CCSC)C(=O)NC(Cc1cnc[nH]1)C(=O)O. The van der Waals surface area contributed by atoms with Gasteiger partial charge in [-0.25, -0.2) is 9.78 Å². The van der Waals surface area contributed by atoms with Crippen LogP contribution in [-0.2, 0) is 30.4 Å². The molecule has 0 aliphatic rings. The van der Waals surface area contributed by atoms with Crippen LogP contribution in [0.15, 0.2) is 12.5 Å². The number of H-pyrrole nitrogens is 1. The van der Waals surface area contributed by atoms with Crippen LogP contribution in [0.1, 0.15) is 38.8 Å². The van der Waals surface area contributed by atoms with Crippen LogP contribution >= 0.6 is 11.8 Å². The molecule has 5 atom stereocenters. The number of carboxylic acids is 1. The predicted octanol–water partition coefficient (Wildman–Crippen LogP) is -1.51. The van der Waals surface area contributed by atoms with Crippen molar-refractivity contribution < 1.29 is 29.1 Å². The standard InChI is InChI=1S/C21H35N7O6S/c1-4-11(2)17(23)20(32)27-14(8-16(22)29)19(31)26-13(5-6-35-3)18(30)28-15(21(33)34)7-12-9-24-10-25-12/h9-11,13-15,17H,4-8,23H2,1-3H3,(H2,22,29)(H,24,25)(H,26,31)(H,27,32)(H,28,30)(H,33,34). The summed E-state index contributed by atoms with van der Waals surface area (Å²) >= 11 is 1.42. The number of primary amides is 1. The summed E-state index contributed by atoms with van der Waals surface area (Å²) in [6, 6.07) is -4.64. The number of amides is 4. The molecule has 0 bridgehead atoms. The molecule has 13 nitrogen and oxygen atoms in total. The van der Waals surface area contributed by atoms with Gasteiger partial charge in [0, 0.05) is 18.3 Å². The van der Waals surface area contributed by atoms with Gasteiger partial charge < -0.3 is 37.5 Å². The second-order valence-corrected chi connectivity index (χ2v) is 9.15. The zero-order chi connectivity index (χ0) is 26.5. The first kappa shape index (κ1) is 29.9. The fourth-order valence-electron chi connectivity index (χ4n) is 3.06. The Kier molecular flexibility index (Phi) is 12.8. The van der Waals surface area contributed by atoms with Gasteiger partial charge in [0.15, 0.2) is 0 Å². The lowest BCUT2D eigenvalue weighted by Crippen LogP contribution is -2.58. The molecule has 1 heterocycles. The average molecular weight is 514 g/mol. The first-order chi connectivity index (χ1) is 16.5. The van der Waals surface area contributed by atoms with Crippen LogP contribution < -0.4 is 27.4 Å². The zero-order valence-corrected chi connectivity index (χ0v) is 20.9. The molecule has 35 heavy (non-hydrogen) atoms. The smallest absolute Gasteiger partial charge is 0.326 e. The van der Waals surface area contributed by atoms with Gasteiger partial charge in [-0.05, 0) is 24.3 Å². The molecule has 1 rings (SSSR count). The third-order valence-electron chi connectivity index (χ3n) is 5.44. The third kappa shape index (κ3) is 10.3. The highest BCUT2D eigenvalue weighted by Crippen LogP contribution is 2.08. The molecule has 0 radical (unpaired) electrons. The van der Waals surface area contributed by atoms with Gasteiger partial charge in [0.2, 0.25) is 23.6 Å². The molecule has 1 aromatic heterocycles. The van der Waals surface area contributed by atoms with Crippen molar-refractivity contribution in [3.63, 3.8) is 0 Å². The minimum atomic E-state index is -1.35. The molecule has 9 N–H and O–H groups in total. The largest absolute Gasteiger partial charge is 0.480 e. The van der Waals surface area contributed by atoms with E-state index in [-0.39, 0.29) is 18.8 Å². The van der Waals surface area contributed by atoms with E-state index in [0.717, 1.165) is 0 Å². The van der Waals surface area contributed by atoms with E-state index in [4.69, 9.17) is 11.5 Å². The summed E-state index contributed by atoms with van der Waals surface area (Å²) in [5, 5.41) is 16.9. The average Bonchev–Trinajstić information content (AvgIpc) is 3.32. The van der Waals surface area contributed by atoms with E-state index in [9.17, 15) is 29.1 Å². The minimum Gasteiger partial charge on any atom is -0.480 e. The summed E-state index contributed by atoms with van der Waals surface area (Å²) in [5.74, 6) is -3.96. The highest BCUT2D eigenvalue weighted by Gasteiger charge is 2.31. The van der Waals surface area contributed by atoms with Gasteiger partial charge in [0.25, 0.3) is 0 Å². The molecule has 0 aliphatic heterocycles. The number of nitrogens with one attached hydrogen (secondary N) is 4. The number of carboxylic acid groups (broad SMARTS) is 1. The van der Waals surface area contributed by atoms with Crippen molar-refractivity contribution in [2.24, 2.45) is 17.4 Å². The summed E-state index contributed by atoms with van der Waals surface area (Å²) < 4.78 is 0. The van der Waals surface area contributed by atoms with Crippen molar-refractivity contribution in [1.29, 1.82) is 0 Å². The van der Waals surface area contributed by atoms with Crippen molar-refractivity contribution in [2.45, 2.75) is 63.7 Å². The van der Waals surface area contributed by atoms with Crippen LogP contribution in [-0.4, -0.2) is 80.8 Å². The van der Waals surface area contributed by atoms with E-state index >= 15 is 0 Å². The van der Waals surface area contributed by atoms with Crippen LogP contribution in [0.25, 0.3) is 0 Å². The van der Waals surface area contributed by atoms with Gasteiger partial charge in [-0.3, -0.25) is 19.2 Å². The molecule has 14 heteroatoms. The fraction of sp³-hybridized carbons (Fsp3) is 0.619. The van der Waals surface area contributed by atoms with Crippen molar-refractivity contribution in [3.8, 4) is 0 Å². The number of nitrogens with zero attached hydrogens (tertiary/aromatic N) is 1. The van der Waals surface area contributed by atoms with Gasteiger partial charge in [0.1, 0.15) is 18.1 Å². The number of rotatable bonds is 16. The Morgan fingerprint density at radius 3 is 2.20 bits per heavy atom. The Labute approximate surface area is 207 Å². The van der Waals surface area contributed by atoms with Crippen molar-refractivity contribution in [2.75, 3.05) is 12.0 Å². The Balaban J connectivity index is 2.98. The number of aromatic nitrogens is 2. The molecule has 4 amide bonds. The van der Waals surface area contributed by atoms with Crippen LogP contribution in [0, 0.1) is 5.92 Å². The van der Waals surface area contributed by atoms with Gasteiger partial charge >= 0.3 is 5.97 Å². The summed E-state index contributed by atoms with van der Waals surface area (Å²) in [5.41, 5.74) is 11.7. The van der Waals surface area contributed by atoms with E-state index in [1.165, 1.54) is 24.3 Å². The van der Waals surface area contributed by atoms with Crippen LogP contribution in [0.3, 0.4) is 0 Å². The molecular weight excluding hydrogens is 478 g/mol. The Morgan fingerprint density at radius 1 is 1.09 bits per heavy atom. The maximum absolute atomic E-state index is 12.9. The summed E-state index contributed by atoms with van der Waals surface area (Å²) in [4.78, 5) is 68.1. The number of nitrogens with two attached hydrogens (primary N) is 2. The van der Waals surface area contributed by atoms with Crippen molar-refractivity contribution in [1.82, 2.24) is 25.9 Å². The molecule has 0 spiro atoms. The fourth-order valence-corrected chi connectivity index (χ4v) is 3.53. The first-order valence-corrected chi connectivity index (χ1v) is 12.5. The molecule has 0 saturated heterocycles. The van der Waals surface area contributed by atoms with Crippen LogP contribution in [0.5, 0.6) is 0 Å². The molecule has 5 unspecified atom stereocenters. The minimum absolute atomic E-state index is 0.0435. The lowest BCUT2D eigenvalue weighted by atomic mass is 9.99. The van der Waals surface area contributed by atoms with E-state index in [1.807, 2.05) is 13.2 Å². The maximum Gasteiger partial charge on any atom is 0.326 e. The number of aromatic amines is 1. The topological polar surface area (TPSA) is 222 Å². The predicted molar refractivity (Wildman–Crippen MR) is 130 cm³/mol. The van der Waals surface area contributed by atoms with E-state index in [2.05, 4.69) is 25.9 Å². The number of aliphatic carboxylic acids is 1. The number of carbonyl (C=O) groups is 5. The lowest BCUT2D eigenvalue weighted by Gasteiger charge is -2.25. The van der Waals surface area contributed by atoms with Crippen LogP contribution in [0.4, 0.5) is 0 Å². The van der Waals surface area contributed by atoms with Crippen molar-refractivity contribution in [3.05, 3.63) is 18.2 Å². The lowest BCUT2D eigenvalue weighted by molar-refractivity contribution is -0.142. The Hall–Kier alpha value is -3.13. The van der Waals surface area contributed by atoms with Gasteiger partial charge in [-0.15, -0.1) is 0 Å². The third-order valence-corrected chi connectivity index (χ3v) is 6.08. The summed E-state index contributed by atoms with van der Waals surface area (Å²) in [6.07, 6.45) is 4.90. The number of hydrogen-bond donors (Lipinski definition) is 7. The maximum atomic E-state index is 12.9. The molecule has 0 aromatic carbocycles. The molecule has 0 fully saturated rings. The van der Waals surface area contributed by atoms with E-state index < -0.39 is 60.2 Å². The van der Waals surface area contributed by atoms with E-state index in [0.29, 0.717) is 17.9 Å². The monoisotopic (exact) mass is 513 g/mol. The number of imidazole rings is 1. The van der Waals surface area contributed by atoms with E-state index in [1.54, 1.807) is 6.92 Å². The molecule has 1 aromatic rings. The molecule has 196 valence electrons. The normalized spacial score (nSPS) is 15.2. The van der Waals surface area contributed by atoms with Crippen LogP contribution in [0.2, 0.25) is 0 Å². The second kappa shape index (κ2) is 15.0. The van der Waals surface area contributed by atoms with Gasteiger partial charge in [-0.1, -0.05) is 20.3 Å². The highest BCUT2D eigenvalue weighted by molar-refractivity contribution is 7.98. The summed E-state index contributed by atoms with van der Waals surface area (Å²) in [6.45, 7) is 3.63. The Bertz CT molecular complexity index is 866. The van der Waals surface area contributed by atoms with Gasteiger partial charge in [0.05, 0.1) is 18.8 Å². The summed E-state index contributed by atoms with van der Waals surface area (Å²) in [7, 11) is 0. The zero-order valence-electron chi connectivity index (χ0n) is 20.1. The number of carbonyl (C=O) groups excluding carboxylic acids is 4. The number of thioether (sulfide) groups is 1. The Morgan fingerprint density at radius 2 is 1.69 bits per heavy atom. The highest BCUT2D eigenvalue weighted by atomic mass is 32.2.